The highest BCUT2D eigenvalue weighted by atomic mass is 35.5. The van der Waals surface area contributed by atoms with E-state index in [-0.39, 0.29) is 11.7 Å². The first-order chi connectivity index (χ1) is 7.34. The predicted molar refractivity (Wildman–Crippen MR) is 65.8 cm³/mol. The zero-order valence-corrected chi connectivity index (χ0v) is 10.6. The monoisotopic (exact) mass is 240 g/mol. The second-order valence-electron chi connectivity index (χ2n) is 4.61. The van der Waals surface area contributed by atoms with Gasteiger partial charge in [-0.25, -0.2) is 0 Å². The fourth-order valence-corrected chi connectivity index (χ4v) is 2.03. The van der Waals surface area contributed by atoms with E-state index >= 15 is 0 Å². The lowest BCUT2D eigenvalue weighted by Crippen LogP contribution is -2.51. The van der Waals surface area contributed by atoms with Crippen LogP contribution in [0.3, 0.4) is 0 Å². The third-order valence-corrected chi connectivity index (χ3v) is 3.50. The summed E-state index contributed by atoms with van der Waals surface area (Å²) in [6.07, 6.45) is 0. The molecule has 1 rings (SSSR count). The van der Waals surface area contributed by atoms with Gasteiger partial charge in [0, 0.05) is 0 Å². The zero-order valence-electron chi connectivity index (χ0n) is 9.83. The van der Waals surface area contributed by atoms with Crippen LogP contribution < -0.4 is 0 Å². The van der Waals surface area contributed by atoms with Crippen LogP contribution in [-0.2, 0) is 10.2 Å². The number of Topliss-reactive ketones (excluding diaryl/α,β-unsaturated/α-hetero) is 1. The third-order valence-electron chi connectivity index (χ3n) is 3.25. The van der Waals surface area contributed by atoms with E-state index in [4.69, 9.17) is 11.6 Å². The van der Waals surface area contributed by atoms with Gasteiger partial charge >= 0.3 is 0 Å². The van der Waals surface area contributed by atoms with Crippen LogP contribution in [0.2, 0.25) is 0 Å². The van der Waals surface area contributed by atoms with Gasteiger partial charge in [0.2, 0.25) is 0 Å². The number of hydrogen-bond donors (Lipinski definition) is 1. The Balaban J connectivity index is 3.32. The molecule has 0 aliphatic rings. The van der Waals surface area contributed by atoms with Gasteiger partial charge in [0.15, 0.2) is 5.78 Å². The Morgan fingerprint density at radius 3 is 2.12 bits per heavy atom. The van der Waals surface area contributed by atoms with Crippen molar-refractivity contribution in [2.75, 3.05) is 5.88 Å². The van der Waals surface area contributed by atoms with Crippen molar-refractivity contribution in [2.45, 2.75) is 31.8 Å². The van der Waals surface area contributed by atoms with Crippen molar-refractivity contribution in [1.82, 2.24) is 0 Å². The molecule has 1 aromatic rings. The first-order valence-corrected chi connectivity index (χ1v) is 5.74. The van der Waals surface area contributed by atoms with E-state index < -0.39 is 11.0 Å². The summed E-state index contributed by atoms with van der Waals surface area (Å²) >= 11 is 5.63. The van der Waals surface area contributed by atoms with Gasteiger partial charge in [0.1, 0.15) is 0 Å². The highest BCUT2D eigenvalue weighted by Crippen LogP contribution is 2.36. The number of benzene rings is 1. The van der Waals surface area contributed by atoms with Crippen molar-refractivity contribution in [3.63, 3.8) is 0 Å². The first kappa shape index (κ1) is 13.2. The minimum absolute atomic E-state index is 0.102. The molecule has 0 radical (unpaired) electrons. The molecule has 0 aliphatic carbocycles. The number of carbonyl (C=O) groups is 1. The van der Waals surface area contributed by atoms with E-state index in [2.05, 4.69) is 0 Å². The molecule has 0 bridgehead atoms. The largest absolute Gasteiger partial charge is 0.389 e. The van der Waals surface area contributed by atoms with Gasteiger partial charge in [0.25, 0.3) is 0 Å². The van der Waals surface area contributed by atoms with Crippen LogP contribution in [0.4, 0.5) is 0 Å². The summed E-state index contributed by atoms with van der Waals surface area (Å²) in [5.41, 5.74) is -1.34. The molecule has 0 spiro atoms. The molecule has 0 amide bonds. The van der Waals surface area contributed by atoms with Crippen LogP contribution in [0, 0.1) is 0 Å². The highest BCUT2D eigenvalue weighted by molar-refractivity contribution is 6.29. The summed E-state index contributed by atoms with van der Waals surface area (Å²) in [4.78, 5) is 12.0. The van der Waals surface area contributed by atoms with Crippen LogP contribution in [0.15, 0.2) is 30.3 Å². The third kappa shape index (κ3) is 2.13. The van der Waals surface area contributed by atoms with E-state index in [1.807, 2.05) is 30.3 Å². The quantitative estimate of drug-likeness (QED) is 0.822. The van der Waals surface area contributed by atoms with E-state index in [0.29, 0.717) is 0 Å². The van der Waals surface area contributed by atoms with Crippen LogP contribution in [0.1, 0.15) is 26.3 Å². The van der Waals surface area contributed by atoms with Crippen LogP contribution in [0.5, 0.6) is 0 Å². The Morgan fingerprint density at radius 2 is 1.75 bits per heavy atom. The van der Waals surface area contributed by atoms with Crippen LogP contribution >= 0.6 is 11.6 Å². The average molecular weight is 241 g/mol. The topological polar surface area (TPSA) is 37.3 Å². The summed E-state index contributed by atoms with van der Waals surface area (Å²) in [6, 6.07) is 9.24. The van der Waals surface area contributed by atoms with Crippen LogP contribution in [-0.4, -0.2) is 22.4 Å². The smallest absolute Gasteiger partial charge is 0.160 e. The first-order valence-electron chi connectivity index (χ1n) is 5.21. The standard InChI is InChI=1S/C13H17ClO2/c1-12(2,16)13(3,11(15)9-14)10-7-5-4-6-8-10/h4-8,16H,9H2,1-3H3. The molecule has 1 N–H and O–H groups in total. The van der Waals surface area contributed by atoms with Crippen LogP contribution in [0.25, 0.3) is 0 Å². The molecule has 2 nitrogen and oxygen atoms in total. The van der Waals surface area contributed by atoms with Crippen molar-refractivity contribution in [3.8, 4) is 0 Å². The van der Waals surface area contributed by atoms with E-state index in [1.54, 1.807) is 20.8 Å². The maximum absolute atomic E-state index is 12.0. The molecular weight excluding hydrogens is 224 g/mol. The Hall–Kier alpha value is -0.860. The van der Waals surface area contributed by atoms with Gasteiger partial charge in [-0.3, -0.25) is 4.79 Å². The fourth-order valence-electron chi connectivity index (χ4n) is 1.76. The van der Waals surface area contributed by atoms with E-state index in [1.165, 1.54) is 0 Å². The second kappa shape index (κ2) is 4.56. The summed E-state index contributed by atoms with van der Waals surface area (Å²) in [5.74, 6) is -0.275. The van der Waals surface area contributed by atoms with Gasteiger partial charge in [0.05, 0.1) is 16.9 Å². The fraction of sp³-hybridized carbons (Fsp3) is 0.462. The zero-order chi connectivity index (χ0) is 12.4. The van der Waals surface area contributed by atoms with Gasteiger partial charge in [-0.05, 0) is 26.3 Å². The maximum Gasteiger partial charge on any atom is 0.160 e. The molecule has 1 atom stereocenters. The lowest BCUT2D eigenvalue weighted by molar-refractivity contribution is -0.130. The van der Waals surface area contributed by atoms with Gasteiger partial charge < -0.3 is 5.11 Å². The average Bonchev–Trinajstić information content (AvgIpc) is 2.26. The Kier molecular flexibility index (Phi) is 3.76. The molecule has 0 saturated heterocycles. The number of alkyl halides is 1. The van der Waals surface area contributed by atoms with Gasteiger partial charge in [-0.15, -0.1) is 11.6 Å². The molecule has 0 aromatic heterocycles. The number of hydrogen-bond acceptors (Lipinski definition) is 2. The molecule has 0 heterocycles. The van der Waals surface area contributed by atoms with Crippen molar-refractivity contribution in [1.29, 1.82) is 0 Å². The van der Waals surface area contributed by atoms with Crippen molar-refractivity contribution in [3.05, 3.63) is 35.9 Å². The summed E-state index contributed by atoms with van der Waals surface area (Å²) in [5, 5.41) is 10.2. The van der Waals surface area contributed by atoms with Gasteiger partial charge in [-0.1, -0.05) is 30.3 Å². The molecule has 0 fully saturated rings. The molecular formula is C13H17ClO2. The molecule has 16 heavy (non-hydrogen) atoms. The Labute approximate surface area is 101 Å². The highest BCUT2D eigenvalue weighted by Gasteiger charge is 2.46. The minimum Gasteiger partial charge on any atom is -0.389 e. The summed E-state index contributed by atoms with van der Waals surface area (Å²) in [7, 11) is 0. The second-order valence-corrected chi connectivity index (χ2v) is 4.87. The number of ketones is 1. The number of aliphatic hydroxyl groups is 1. The van der Waals surface area contributed by atoms with Crippen molar-refractivity contribution < 1.29 is 9.90 Å². The molecule has 0 aliphatic heterocycles. The minimum atomic E-state index is -1.15. The number of halogens is 1. The molecule has 3 heteroatoms. The van der Waals surface area contributed by atoms with E-state index in [9.17, 15) is 9.90 Å². The molecule has 0 saturated carbocycles. The number of carbonyl (C=O) groups excluding carboxylic acids is 1. The van der Waals surface area contributed by atoms with Crippen molar-refractivity contribution in [2.24, 2.45) is 0 Å². The van der Waals surface area contributed by atoms with Gasteiger partial charge in [-0.2, -0.15) is 0 Å². The molecule has 88 valence electrons. The number of rotatable bonds is 4. The Morgan fingerprint density at radius 1 is 1.25 bits per heavy atom. The molecule has 1 aromatic carbocycles. The summed E-state index contributed by atoms with van der Waals surface area (Å²) in [6.45, 7) is 4.99. The molecule has 1 unspecified atom stereocenters. The van der Waals surface area contributed by atoms with Crippen molar-refractivity contribution >= 4 is 17.4 Å². The maximum atomic E-state index is 12.0. The normalized spacial score (nSPS) is 15.6. The van der Waals surface area contributed by atoms with E-state index in [0.717, 1.165) is 5.56 Å². The SMILES string of the molecule is CC(C)(O)C(C)(C(=O)CCl)c1ccccc1. The lowest BCUT2D eigenvalue weighted by Gasteiger charge is -2.39. The predicted octanol–water partition coefficient (Wildman–Crippen LogP) is 2.52. The summed E-state index contributed by atoms with van der Waals surface area (Å²) < 4.78 is 0. The lowest BCUT2D eigenvalue weighted by atomic mass is 9.68. The Bertz CT molecular complexity index is 367.